The van der Waals surface area contributed by atoms with Gasteiger partial charge < -0.3 is 0 Å². The number of Topliss-reactive ketones (excluding diaryl/α,β-unsaturated/α-hetero) is 2. The monoisotopic (exact) mass is 272 g/mol. The van der Waals surface area contributed by atoms with Crippen molar-refractivity contribution in [2.24, 2.45) is 29.1 Å². The number of rotatable bonds is 0. The maximum atomic E-state index is 12.3. The summed E-state index contributed by atoms with van der Waals surface area (Å²) >= 11 is 0. The van der Waals surface area contributed by atoms with Gasteiger partial charge >= 0.3 is 0 Å². The van der Waals surface area contributed by atoms with Crippen LogP contribution < -0.4 is 0 Å². The molecule has 0 spiro atoms. The Morgan fingerprint density at radius 1 is 1.10 bits per heavy atom. The van der Waals surface area contributed by atoms with E-state index < -0.39 is 0 Å². The Hall–Kier alpha value is -0.920. The van der Waals surface area contributed by atoms with Gasteiger partial charge in [-0.3, -0.25) is 9.59 Å². The fourth-order valence-electron chi connectivity index (χ4n) is 5.88. The molecule has 0 aliphatic heterocycles. The molecular formula is C18H24O2. The molecule has 1 unspecified atom stereocenters. The van der Waals surface area contributed by atoms with Gasteiger partial charge in [0.1, 0.15) is 11.6 Å². The zero-order valence-corrected chi connectivity index (χ0v) is 12.4. The Morgan fingerprint density at radius 2 is 1.95 bits per heavy atom. The number of hydrogen-bond acceptors (Lipinski definition) is 2. The van der Waals surface area contributed by atoms with Crippen molar-refractivity contribution in [3.8, 4) is 0 Å². The number of allylic oxidation sites excluding steroid dienone is 2. The van der Waals surface area contributed by atoms with Crippen LogP contribution in [0.2, 0.25) is 0 Å². The largest absolute Gasteiger partial charge is 0.299 e. The smallest absolute Gasteiger partial charge is 0.139 e. The fraction of sp³-hybridized carbons (Fsp3) is 0.778. The Labute approximate surface area is 121 Å². The Balaban J connectivity index is 1.65. The molecule has 2 nitrogen and oxygen atoms in total. The molecule has 20 heavy (non-hydrogen) atoms. The van der Waals surface area contributed by atoms with Crippen LogP contribution in [0.1, 0.15) is 58.3 Å². The molecule has 0 saturated heterocycles. The maximum Gasteiger partial charge on any atom is 0.139 e. The van der Waals surface area contributed by atoms with Gasteiger partial charge in [0.2, 0.25) is 0 Å². The zero-order chi connectivity index (χ0) is 13.9. The Kier molecular flexibility index (Phi) is 2.74. The first kappa shape index (κ1) is 12.8. The molecule has 2 heteroatoms. The predicted octanol–water partition coefficient (Wildman–Crippen LogP) is 3.70. The van der Waals surface area contributed by atoms with Crippen LogP contribution in [0.4, 0.5) is 0 Å². The average Bonchev–Trinajstić information content (AvgIpc) is 2.74. The topological polar surface area (TPSA) is 34.1 Å². The highest BCUT2D eigenvalue weighted by molar-refractivity contribution is 5.87. The summed E-state index contributed by atoms with van der Waals surface area (Å²) in [7, 11) is 0. The van der Waals surface area contributed by atoms with Gasteiger partial charge in [-0.05, 0) is 55.8 Å². The number of ketones is 2. The number of carbonyl (C=O) groups excluding carboxylic acids is 2. The van der Waals surface area contributed by atoms with Crippen molar-refractivity contribution in [2.75, 3.05) is 0 Å². The van der Waals surface area contributed by atoms with E-state index in [4.69, 9.17) is 0 Å². The van der Waals surface area contributed by atoms with Gasteiger partial charge in [-0.15, -0.1) is 0 Å². The second kappa shape index (κ2) is 4.29. The van der Waals surface area contributed by atoms with E-state index in [-0.39, 0.29) is 5.41 Å². The molecular weight excluding hydrogens is 248 g/mol. The van der Waals surface area contributed by atoms with Crippen LogP contribution in [0.15, 0.2) is 11.6 Å². The molecule has 0 heterocycles. The Morgan fingerprint density at radius 3 is 2.80 bits per heavy atom. The summed E-state index contributed by atoms with van der Waals surface area (Å²) in [5.74, 6) is 3.70. The second-order valence-electron chi connectivity index (χ2n) is 7.73. The molecule has 3 fully saturated rings. The summed E-state index contributed by atoms with van der Waals surface area (Å²) < 4.78 is 0. The van der Waals surface area contributed by atoms with Crippen molar-refractivity contribution in [1.29, 1.82) is 0 Å². The Bertz CT molecular complexity index is 504. The molecule has 0 aromatic rings. The molecule has 0 aromatic heterocycles. The summed E-state index contributed by atoms with van der Waals surface area (Å²) in [4.78, 5) is 23.9. The summed E-state index contributed by atoms with van der Waals surface area (Å²) in [6.45, 7) is 2.23. The standard InChI is InChI=1S/C18H24O2/c1-18-9-8-14-13-5-3-12(19)10-11(13)2-4-15(14)16(18)6-7-17(18)20/h2,13-16H,3-10H2,1H3/t13?,14-,15-,16+,18+/m1/s1. The minimum Gasteiger partial charge on any atom is -0.299 e. The van der Waals surface area contributed by atoms with E-state index in [1.165, 1.54) is 12.0 Å². The van der Waals surface area contributed by atoms with Crippen molar-refractivity contribution in [1.82, 2.24) is 0 Å². The first-order chi connectivity index (χ1) is 9.59. The van der Waals surface area contributed by atoms with Gasteiger partial charge in [0.05, 0.1) is 0 Å². The van der Waals surface area contributed by atoms with Crippen LogP contribution in [0.3, 0.4) is 0 Å². The van der Waals surface area contributed by atoms with E-state index in [1.54, 1.807) is 0 Å². The van der Waals surface area contributed by atoms with E-state index in [2.05, 4.69) is 13.0 Å². The van der Waals surface area contributed by atoms with Crippen LogP contribution in [-0.4, -0.2) is 11.6 Å². The van der Waals surface area contributed by atoms with Crippen molar-refractivity contribution in [3.63, 3.8) is 0 Å². The van der Waals surface area contributed by atoms with Gasteiger partial charge in [-0.25, -0.2) is 0 Å². The predicted molar refractivity (Wildman–Crippen MR) is 77.1 cm³/mol. The summed E-state index contributed by atoms with van der Waals surface area (Å²) in [5.41, 5.74) is 1.42. The molecule has 0 bridgehead atoms. The number of fused-ring (bicyclic) bond motifs is 5. The van der Waals surface area contributed by atoms with Gasteiger partial charge in [-0.2, -0.15) is 0 Å². The average molecular weight is 272 g/mol. The zero-order valence-electron chi connectivity index (χ0n) is 12.4. The van der Waals surface area contributed by atoms with E-state index in [1.807, 2.05) is 0 Å². The van der Waals surface area contributed by atoms with Crippen molar-refractivity contribution < 1.29 is 9.59 Å². The lowest BCUT2D eigenvalue weighted by molar-refractivity contribution is -0.130. The summed E-state index contributed by atoms with van der Waals surface area (Å²) in [6.07, 6.45) is 10.3. The van der Waals surface area contributed by atoms with E-state index in [9.17, 15) is 9.59 Å². The number of hydrogen-bond donors (Lipinski definition) is 0. The third-order valence-electron chi connectivity index (χ3n) is 6.98. The molecule has 4 aliphatic carbocycles. The van der Waals surface area contributed by atoms with Crippen LogP contribution in [0.25, 0.3) is 0 Å². The normalized spacial score (nSPS) is 47.4. The molecule has 5 atom stereocenters. The second-order valence-corrected chi connectivity index (χ2v) is 7.73. The molecule has 0 N–H and O–H groups in total. The molecule has 3 saturated carbocycles. The van der Waals surface area contributed by atoms with Gasteiger partial charge in [0.15, 0.2) is 0 Å². The highest BCUT2D eigenvalue weighted by Gasteiger charge is 2.55. The van der Waals surface area contributed by atoms with Crippen molar-refractivity contribution in [3.05, 3.63) is 11.6 Å². The fourth-order valence-corrected chi connectivity index (χ4v) is 5.88. The SMILES string of the molecule is C[C@]12CC[C@@H]3C4CCC(=O)CC4=CC[C@H]3[C@@H]1CCC2=O. The van der Waals surface area contributed by atoms with Gasteiger partial charge in [-0.1, -0.05) is 18.6 Å². The van der Waals surface area contributed by atoms with E-state index in [0.717, 1.165) is 50.9 Å². The molecule has 4 rings (SSSR count). The van der Waals surface area contributed by atoms with E-state index in [0.29, 0.717) is 29.3 Å². The van der Waals surface area contributed by atoms with E-state index >= 15 is 0 Å². The highest BCUT2D eigenvalue weighted by atomic mass is 16.1. The first-order valence-electron chi connectivity index (χ1n) is 8.33. The molecule has 4 aliphatic rings. The van der Waals surface area contributed by atoms with Crippen LogP contribution >= 0.6 is 0 Å². The van der Waals surface area contributed by atoms with Gasteiger partial charge in [0, 0.05) is 24.7 Å². The third-order valence-corrected chi connectivity index (χ3v) is 6.98. The van der Waals surface area contributed by atoms with Crippen molar-refractivity contribution in [2.45, 2.75) is 58.3 Å². The van der Waals surface area contributed by atoms with Gasteiger partial charge in [0.25, 0.3) is 0 Å². The van der Waals surface area contributed by atoms with Crippen LogP contribution in [0, 0.1) is 29.1 Å². The highest BCUT2D eigenvalue weighted by Crippen LogP contribution is 2.59. The number of carbonyl (C=O) groups is 2. The quantitative estimate of drug-likeness (QED) is 0.630. The molecule has 0 aromatic carbocycles. The lowest BCUT2D eigenvalue weighted by Crippen LogP contribution is -2.46. The summed E-state index contributed by atoms with van der Waals surface area (Å²) in [6, 6.07) is 0. The lowest BCUT2D eigenvalue weighted by Gasteiger charge is -2.51. The van der Waals surface area contributed by atoms with Crippen LogP contribution in [0.5, 0.6) is 0 Å². The van der Waals surface area contributed by atoms with Crippen molar-refractivity contribution >= 4 is 11.6 Å². The molecule has 0 amide bonds. The van der Waals surface area contributed by atoms with Crippen LogP contribution in [-0.2, 0) is 9.59 Å². The first-order valence-corrected chi connectivity index (χ1v) is 8.33. The minimum absolute atomic E-state index is 0.0169. The maximum absolute atomic E-state index is 12.3. The lowest BCUT2D eigenvalue weighted by atomic mass is 9.53. The molecule has 108 valence electrons. The third kappa shape index (κ3) is 1.63. The minimum atomic E-state index is -0.0169. The summed E-state index contributed by atoms with van der Waals surface area (Å²) in [5, 5.41) is 0. The molecule has 0 radical (unpaired) electrons.